The largest absolute Gasteiger partial charge is 0.393 e. The average Bonchev–Trinajstić information content (AvgIpc) is 3.20. The Hall–Kier alpha value is -1.31. The van der Waals surface area contributed by atoms with Crippen molar-refractivity contribution in [3.05, 3.63) is 11.6 Å². The van der Waals surface area contributed by atoms with Crippen LogP contribution in [-0.2, 0) is 4.79 Å². The van der Waals surface area contributed by atoms with Crippen LogP contribution in [0.4, 0.5) is 0 Å². The molecule has 4 fully saturated rings. The van der Waals surface area contributed by atoms with E-state index in [2.05, 4.69) is 32.8 Å². The summed E-state index contributed by atoms with van der Waals surface area (Å²) in [5.41, 5.74) is 1.23. The molecule has 2 N–H and O–H groups in total. The maximum atomic E-state index is 12.9. The first-order valence-corrected chi connectivity index (χ1v) is 14.5. The lowest BCUT2D eigenvalue weighted by atomic mass is 9.47. The van der Waals surface area contributed by atoms with Crippen LogP contribution in [0.25, 0.3) is 0 Å². The predicted octanol–water partition coefficient (Wildman–Crippen LogP) is 5.33. The number of aliphatic hydroxyl groups excluding tert-OH is 1. The Morgan fingerprint density at radius 3 is 2.60 bits per heavy atom. The minimum Gasteiger partial charge on any atom is -0.393 e. The normalized spacial score (nSPS) is 43.3. The van der Waals surface area contributed by atoms with E-state index in [1.807, 2.05) is 4.90 Å². The van der Waals surface area contributed by atoms with E-state index < -0.39 is 5.60 Å². The number of allylic oxidation sites excluding steroid dienone is 1. The molecule has 0 radical (unpaired) electrons. The third-order valence-corrected chi connectivity index (χ3v) is 11.9. The van der Waals surface area contributed by atoms with Crippen molar-refractivity contribution in [3.63, 3.8) is 0 Å². The van der Waals surface area contributed by atoms with Gasteiger partial charge in [0, 0.05) is 32.4 Å². The van der Waals surface area contributed by atoms with Crippen molar-refractivity contribution < 1.29 is 15.0 Å². The van der Waals surface area contributed by atoms with Crippen LogP contribution in [0, 0.1) is 52.8 Å². The summed E-state index contributed by atoms with van der Waals surface area (Å²) < 4.78 is 0. The highest BCUT2D eigenvalue weighted by Gasteiger charge is 2.59. The highest BCUT2D eigenvalue weighted by Crippen LogP contribution is 2.67. The van der Waals surface area contributed by atoms with Crippen LogP contribution >= 0.6 is 0 Å². The molecule has 1 unspecified atom stereocenters. The van der Waals surface area contributed by atoms with Gasteiger partial charge in [-0.15, -0.1) is 6.42 Å². The van der Waals surface area contributed by atoms with E-state index in [9.17, 15) is 15.0 Å². The summed E-state index contributed by atoms with van der Waals surface area (Å²) in [6, 6.07) is 0. The molecule has 35 heavy (non-hydrogen) atoms. The molecule has 4 nitrogen and oxygen atoms in total. The molecule has 3 saturated carbocycles. The van der Waals surface area contributed by atoms with Crippen LogP contribution in [0.3, 0.4) is 0 Å². The van der Waals surface area contributed by atoms with Gasteiger partial charge in [-0.05, 0) is 98.2 Å². The number of hydrogen-bond donors (Lipinski definition) is 2. The summed E-state index contributed by atoms with van der Waals surface area (Å²) in [4.78, 5) is 14.8. The van der Waals surface area contributed by atoms with Crippen molar-refractivity contribution in [3.8, 4) is 12.3 Å². The second kappa shape index (κ2) is 9.21. The summed E-state index contributed by atoms with van der Waals surface area (Å²) in [5.74, 6) is 6.38. The fraction of sp³-hybridized carbons (Fsp3) is 0.839. The number of hydrogen-bond acceptors (Lipinski definition) is 3. The number of aliphatic hydroxyl groups is 2. The Kier molecular flexibility index (Phi) is 6.67. The second-order valence-corrected chi connectivity index (χ2v) is 13.5. The third-order valence-electron chi connectivity index (χ3n) is 11.9. The molecular formula is C31H47NO3. The van der Waals surface area contributed by atoms with E-state index in [0.29, 0.717) is 55.0 Å². The SMILES string of the molecule is C#CC1(O)CCN(C(=O)CCC(C)[C@H]2CC[C@H]3[C@@H]4CC=C5C[C@@H](O)CC[C@]5(C)[C@H]4CC[C@]23C)CC1. The van der Waals surface area contributed by atoms with Crippen LogP contribution in [0.5, 0.6) is 0 Å². The summed E-state index contributed by atoms with van der Waals surface area (Å²) in [5, 5.41) is 20.5. The maximum Gasteiger partial charge on any atom is 0.222 e. The van der Waals surface area contributed by atoms with Crippen LogP contribution in [0.1, 0.15) is 97.8 Å². The van der Waals surface area contributed by atoms with Crippen molar-refractivity contribution in [2.24, 2.45) is 40.4 Å². The van der Waals surface area contributed by atoms with Gasteiger partial charge in [0.2, 0.25) is 5.91 Å². The first-order chi connectivity index (χ1) is 16.6. The number of rotatable bonds is 4. The molecule has 5 aliphatic rings. The Labute approximate surface area is 212 Å². The minimum absolute atomic E-state index is 0.132. The summed E-state index contributed by atoms with van der Waals surface area (Å²) in [6.07, 6.45) is 20.0. The van der Waals surface area contributed by atoms with Crippen molar-refractivity contribution in [2.45, 2.75) is 110 Å². The van der Waals surface area contributed by atoms with Crippen LogP contribution in [0.2, 0.25) is 0 Å². The number of likely N-dealkylation sites (tertiary alicyclic amines) is 1. The number of terminal acetylenes is 1. The molecule has 5 rings (SSSR count). The number of amides is 1. The van der Waals surface area contributed by atoms with Crippen molar-refractivity contribution in [1.82, 2.24) is 4.90 Å². The maximum absolute atomic E-state index is 12.9. The average molecular weight is 482 g/mol. The highest BCUT2D eigenvalue weighted by atomic mass is 16.3. The van der Waals surface area contributed by atoms with Gasteiger partial charge >= 0.3 is 0 Å². The predicted molar refractivity (Wildman–Crippen MR) is 139 cm³/mol. The van der Waals surface area contributed by atoms with Gasteiger partial charge in [-0.3, -0.25) is 4.79 Å². The topological polar surface area (TPSA) is 60.8 Å². The van der Waals surface area contributed by atoms with E-state index in [0.717, 1.165) is 43.4 Å². The van der Waals surface area contributed by atoms with E-state index in [1.165, 1.54) is 32.1 Å². The van der Waals surface area contributed by atoms with Crippen molar-refractivity contribution in [2.75, 3.05) is 13.1 Å². The zero-order valence-electron chi connectivity index (χ0n) is 22.3. The fourth-order valence-corrected chi connectivity index (χ4v) is 9.60. The van der Waals surface area contributed by atoms with Crippen molar-refractivity contribution >= 4 is 5.91 Å². The van der Waals surface area contributed by atoms with Gasteiger partial charge in [-0.25, -0.2) is 0 Å². The summed E-state index contributed by atoms with van der Waals surface area (Å²) in [6.45, 7) is 8.64. The zero-order valence-corrected chi connectivity index (χ0v) is 22.3. The number of carbonyl (C=O) groups excluding carboxylic acids is 1. The van der Waals surface area contributed by atoms with Gasteiger partial charge in [-0.2, -0.15) is 0 Å². The molecule has 1 heterocycles. The molecule has 0 aromatic rings. The molecule has 0 aromatic heterocycles. The minimum atomic E-state index is -1.03. The molecule has 0 bridgehead atoms. The molecule has 1 amide bonds. The smallest absolute Gasteiger partial charge is 0.222 e. The molecule has 1 saturated heterocycles. The Balaban J connectivity index is 1.21. The fourth-order valence-electron chi connectivity index (χ4n) is 9.60. The molecule has 8 atom stereocenters. The molecule has 0 aromatic carbocycles. The first kappa shape index (κ1) is 25.3. The number of carbonyl (C=O) groups is 1. The van der Waals surface area contributed by atoms with Crippen molar-refractivity contribution in [1.29, 1.82) is 0 Å². The third kappa shape index (κ3) is 4.29. The molecule has 1 aliphatic heterocycles. The first-order valence-electron chi connectivity index (χ1n) is 14.5. The van der Waals surface area contributed by atoms with Gasteiger partial charge in [0.05, 0.1) is 6.10 Å². The number of nitrogens with zero attached hydrogens (tertiary/aromatic N) is 1. The highest BCUT2D eigenvalue weighted by molar-refractivity contribution is 5.76. The van der Waals surface area contributed by atoms with Crippen LogP contribution in [-0.4, -0.2) is 45.8 Å². The Morgan fingerprint density at radius 2 is 1.89 bits per heavy atom. The van der Waals surface area contributed by atoms with E-state index in [-0.39, 0.29) is 12.0 Å². The number of piperidine rings is 1. The molecule has 4 heteroatoms. The van der Waals surface area contributed by atoms with Gasteiger partial charge in [0.1, 0.15) is 5.60 Å². The van der Waals surface area contributed by atoms with E-state index in [1.54, 1.807) is 5.57 Å². The van der Waals surface area contributed by atoms with Gasteiger partial charge in [-0.1, -0.05) is 38.3 Å². The van der Waals surface area contributed by atoms with Gasteiger partial charge in [0.25, 0.3) is 0 Å². The van der Waals surface area contributed by atoms with Gasteiger partial charge in [0.15, 0.2) is 0 Å². The lowest BCUT2D eigenvalue weighted by Gasteiger charge is -2.58. The summed E-state index contributed by atoms with van der Waals surface area (Å²) in [7, 11) is 0. The summed E-state index contributed by atoms with van der Waals surface area (Å²) >= 11 is 0. The lowest BCUT2D eigenvalue weighted by molar-refractivity contribution is -0.134. The molecule has 4 aliphatic carbocycles. The Bertz CT molecular complexity index is 895. The zero-order chi connectivity index (χ0) is 25.0. The standard InChI is InChI=1S/C31H47NO3/c1-5-31(35)16-18-32(19-17-31)28(34)11-6-21(2)25-9-10-26-24-8-7-22-20-23(33)12-14-29(22,3)27(24)13-15-30(25,26)4/h1,7,21,23-27,33,35H,6,8-20H2,2-4H3/t21?,23-,24-,25+,26-,27-,29-,30+/m0/s1. The molecule has 194 valence electrons. The van der Waals surface area contributed by atoms with Crippen LogP contribution < -0.4 is 0 Å². The monoisotopic (exact) mass is 481 g/mol. The quantitative estimate of drug-likeness (QED) is 0.421. The van der Waals surface area contributed by atoms with Gasteiger partial charge < -0.3 is 15.1 Å². The molecule has 0 spiro atoms. The number of fused-ring (bicyclic) bond motifs is 5. The Morgan fingerprint density at radius 1 is 1.14 bits per heavy atom. The lowest BCUT2D eigenvalue weighted by Crippen LogP contribution is -2.50. The van der Waals surface area contributed by atoms with E-state index >= 15 is 0 Å². The van der Waals surface area contributed by atoms with Crippen LogP contribution in [0.15, 0.2) is 11.6 Å². The molecular weight excluding hydrogens is 434 g/mol. The second-order valence-electron chi connectivity index (χ2n) is 13.5. The van der Waals surface area contributed by atoms with E-state index in [4.69, 9.17) is 6.42 Å².